The predicted octanol–water partition coefficient (Wildman–Crippen LogP) is 1.20. The minimum atomic E-state index is -0.541. The van der Waals surface area contributed by atoms with Crippen LogP contribution in [0.25, 0.3) is 0 Å². The van der Waals surface area contributed by atoms with Crippen molar-refractivity contribution in [1.82, 2.24) is 24.6 Å². The number of hydrogen-bond acceptors (Lipinski definition) is 4. The molecule has 1 fully saturated rings. The molecule has 3 rings (SSSR count). The Morgan fingerprint density at radius 3 is 2.96 bits per heavy atom. The number of nitrogens with one attached hydrogen (secondary N) is 1. The number of rotatable bonds is 6. The van der Waals surface area contributed by atoms with Crippen LogP contribution in [0.15, 0.2) is 18.5 Å². The Morgan fingerprint density at radius 2 is 2.28 bits per heavy atom. The maximum absolute atomic E-state index is 12.5. The van der Waals surface area contributed by atoms with Gasteiger partial charge in [-0.25, -0.2) is 4.98 Å². The topological polar surface area (TPSA) is 110 Å². The molecule has 1 atom stereocenters. The quantitative estimate of drug-likeness (QED) is 0.820. The van der Waals surface area contributed by atoms with Gasteiger partial charge in [-0.15, -0.1) is 0 Å². The zero-order valence-electron chi connectivity index (χ0n) is 14.4. The van der Waals surface area contributed by atoms with E-state index in [1.165, 1.54) is 0 Å². The second-order valence-corrected chi connectivity index (χ2v) is 6.52. The lowest BCUT2D eigenvalue weighted by molar-refractivity contribution is -0.132. The van der Waals surface area contributed by atoms with E-state index in [4.69, 9.17) is 5.73 Å². The molecule has 1 aliphatic heterocycles. The van der Waals surface area contributed by atoms with Crippen LogP contribution in [-0.4, -0.2) is 49.6 Å². The van der Waals surface area contributed by atoms with Gasteiger partial charge in [-0.2, -0.15) is 5.10 Å². The number of hydrogen-bond donors (Lipinski definition) is 2. The fraction of sp³-hybridized carbons (Fsp3) is 0.529. The summed E-state index contributed by atoms with van der Waals surface area (Å²) in [6.07, 6.45) is 6.95. The molecule has 2 amide bonds. The van der Waals surface area contributed by atoms with Crippen molar-refractivity contribution in [3.63, 3.8) is 0 Å². The molecule has 0 bridgehead atoms. The van der Waals surface area contributed by atoms with E-state index in [0.717, 1.165) is 43.9 Å². The minimum absolute atomic E-state index is 0.175. The van der Waals surface area contributed by atoms with E-state index in [2.05, 4.69) is 19.7 Å². The first-order valence-electron chi connectivity index (χ1n) is 8.65. The van der Waals surface area contributed by atoms with E-state index in [9.17, 15) is 9.59 Å². The van der Waals surface area contributed by atoms with Crippen LogP contribution in [0.2, 0.25) is 0 Å². The molecule has 0 aromatic carbocycles. The molecule has 3 N–H and O–H groups in total. The molecule has 0 radical (unpaired) electrons. The number of nitrogens with zero attached hydrogens (tertiary/aromatic N) is 4. The summed E-state index contributed by atoms with van der Waals surface area (Å²) in [6, 6.07) is 1.70. The van der Waals surface area contributed by atoms with Crippen LogP contribution in [0.1, 0.15) is 53.6 Å². The van der Waals surface area contributed by atoms with Crippen LogP contribution in [0.5, 0.6) is 0 Å². The Labute approximate surface area is 146 Å². The largest absolute Gasteiger partial charge is 0.364 e. The molecule has 1 saturated heterocycles. The number of primary amides is 1. The third-order valence-corrected chi connectivity index (χ3v) is 4.78. The fourth-order valence-electron chi connectivity index (χ4n) is 3.33. The number of likely N-dealkylation sites (tertiary alicyclic amines) is 1. The lowest BCUT2D eigenvalue weighted by atomic mass is 9.94. The Hall–Kier alpha value is -2.64. The highest BCUT2D eigenvalue weighted by molar-refractivity contribution is 5.90. The first kappa shape index (κ1) is 17.2. The Bertz CT molecular complexity index is 750. The van der Waals surface area contributed by atoms with E-state index in [1.807, 2.05) is 18.0 Å². The maximum atomic E-state index is 12.5. The second-order valence-electron chi connectivity index (χ2n) is 6.52. The molecule has 25 heavy (non-hydrogen) atoms. The Balaban J connectivity index is 1.52. The molecule has 2 aromatic rings. The first-order valence-corrected chi connectivity index (χ1v) is 8.65. The normalized spacial score (nSPS) is 17.6. The van der Waals surface area contributed by atoms with Crippen molar-refractivity contribution in [3.8, 4) is 0 Å². The van der Waals surface area contributed by atoms with Crippen LogP contribution in [0.4, 0.5) is 0 Å². The lowest BCUT2D eigenvalue weighted by Crippen LogP contribution is -2.39. The summed E-state index contributed by atoms with van der Waals surface area (Å²) in [5, 5.41) is 6.82. The van der Waals surface area contributed by atoms with E-state index >= 15 is 0 Å². The molecule has 2 aromatic heterocycles. The van der Waals surface area contributed by atoms with Crippen molar-refractivity contribution in [1.29, 1.82) is 0 Å². The van der Waals surface area contributed by atoms with Crippen molar-refractivity contribution >= 4 is 11.8 Å². The number of piperidine rings is 1. The molecule has 134 valence electrons. The van der Waals surface area contributed by atoms with Crippen molar-refractivity contribution in [3.05, 3.63) is 35.7 Å². The van der Waals surface area contributed by atoms with Gasteiger partial charge in [-0.05, 0) is 32.3 Å². The molecule has 0 spiro atoms. The van der Waals surface area contributed by atoms with Gasteiger partial charge in [0.1, 0.15) is 11.5 Å². The fourth-order valence-corrected chi connectivity index (χ4v) is 3.33. The molecule has 0 saturated carbocycles. The molecule has 3 heterocycles. The number of H-pyrrole nitrogens is 1. The number of nitrogens with two attached hydrogens (primary N) is 1. The van der Waals surface area contributed by atoms with Gasteiger partial charge in [-0.3, -0.25) is 14.7 Å². The number of amides is 2. The van der Waals surface area contributed by atoms with Gasteiger partial charge in [0.25, 0.3) is 5.91 Å². The van der Waals surface area contributed by atoms with Gasteiger partial charge < -0.3 is 15.2 Å². The molecular weight excluding hydrogens is 320 g/mol. The van der Waals surface area contributed by atoms with Gasteiger partial charge in [-0.1, -0.05) is 0 Å². The monoisotopic (exact) mass is 344 g/mol. The van der Waals surface area contributed by atoms with Crippen LogP contribution in [-0.2, 0) is 11.3 Å². The third-order valence-electron chi connectivity index (χ3n) is 4.78. The lowest BCUT2D eigenvalue weighted by Gasteiger charge is -2.32. The summed E-state index contributed by atoms with van der Waals surface area (Å²) in [6.45, 7) is 4.21. The first-order chi connectivity index (χ1) is 12.0. The second kappa shape index (κ2) is 7.50. The Morgan fingerprint density at radius 1 is 1.44 bits per heavy atom. The molecule has 1 aliphatic rings. The summed E-state index contributed by atoms with van der Waals surface area (Å²) in [7, 11) is 0. The average Bonchev–Trinajstić information content (AvgIpc) is 3.25. The molecule has 0 aliphatic carbocycles. The number of aromatic nitrogens is 4. The summed E-state index contributed by atoms with van der Waals surface area (Å²) in [5.41, 5.74) is 6.37. The van der Waals surface area contributed by atoms with Crippen molar-refractivity contribution in [2.75, 3.05) is 13.1 Å². The van der Waals surface area contributed by atoms with Gasteiger partial charge in [0.2, 0.25) is 5.91 Å². The van der Waals surface area contributed by atoms with Crippen LogP contribution < -0.4 is 5.73 Å². The number of aryl methyl sites for hydroxylation is 2. The van der Waals surface area contributed by atoms with E-state index < -0.39 is 5.91 Å². The summed E-state index contributed by atoms with van der Waals surface area (Å²) < 4.78 is 2.06. The van der Waals surface area contributed by atoms with Crippen molar-refractivity contribution in [2.45, 2.75) is 45.1 Å². The molecule has 1 unspecified atom stereocenters. The Kier molecular flexibility index (Phi) is 5.16. The number of carbonyl (C=O) groups excluding carboxylic acids is 2. The summed E-state index contributed by atoms with van der Waals surface area (Å²) >= 11 is 0. The van der Waals surface area contributed by atoms with E-state index in [-0.39, 0.29) is 17.5 Å². The smallest absolute Gasteiger partial charge is 0.269 e. The van der Waals surface area contributed by atoms with Crippen molar-refractivity contribution in [2.24, 2.45) is 5.73 Å². The number of imidazole rings is 1. The SMILES string of the molecule is Cc1nccn1CCCC(=O)N1CCCC(c2cc(C(N)=O)n[nH]2)C1. The van der Waals surface area contributed by atoms with E-state index in [1.54, 1.807) is 12.3 Å². The molecular formula is C17H24N6O2. The maximum Gasteiger partial charge on any atom is 0.269 e. The highest BCUT2D eigenvalue weighted by Gasteiger charge is 2.26. The van der Waals surface area contributed by atoms with E-state index in [0.29, 0.717) is 13.0 Å². The van der Waals surface area contributed by atoms with Crippen LogP contribution in [0, 0.1) is 6.92 Å². The zero-order valence-corrected chi connectivity index (χ0v) is 14.4. The average molecular weight is 344 g/mol. The zero-order chi connectivity index (χ0) is 17.8. The van der Waals surface area contributed by atoms with Crippen LogP contribution in [0.3, 0.4) is 0 Å². The summed E-state index contributed by atoms with van der Waals surface area (Å²) in [5.74, 6) is 0.780. The van der Waals surface area contributed by atoms with Gasteiger partial charge in [0.05, 0.1) is 0 Å². The van der Waals surface area contributed by atoms with Gasteiger partial charge >= 0.3 is 0 Å². The minimum Gasteiger partial charge on any atom is -0.364 e. The van der Waals surface area contributed by atoms with Gasteiger partial charge in [0.15, 0.2) is 0 Å². The standard InChI is InChI=1S/C17H24N6O2/c1-12-19-6-9-22(12)7-3-5-16(24)23-8-2-4-13(11-23)14-10-15(17(18)25)21-20-14/h6,9-10,13H,2-5,7-8,11H2,1H3,(H2,18,25)(H,20,21). The van der Waals surface area contributed by atoms with Crippen molar-refractivity contribution < 1.29 is 9.59 Å². The molecule has 8 heteroatoms. The molecule has 8 nitrogen and oxygen atoms in total. The summed E-state index contributed by atoms with van der Waals surface area (Å²) in [4.78, 5) is 29.8. The third kappa shape index (κ3) is 4.07. The number of carbonyl (C=O) groups is 2. The van der Waals surface area contributed by atoms with Crippen LogP contribution >= 0.6 is 0 Å². The number of aromatic amines is 1. The predicted molar refractivity (Wildman–Crippen MR) is 91.9 cm³/mol. The van der Waals surface area contributed by atoms with Gasteiger partial charge in [0, 0.05) is 50.1 Å². The highest BCUT2D eigenvalue weighted by Crippen LogP contribution is 2.26. The highest BCUT2D eigenvalue weighted by atomic mass is 16.2.